The molecule has 1 aromatic carbocycles. The molecule has 0 spiro atoms. The maximum absolute atomic E-state index is 13.2. The molecule has 6 heteroatoms. The Balaban J connectivity index is 1.64. The molecule has 1 aromatic rings. The number of benzene rings is 1. The van der Waals surface area contributed by atoms with E-state index >= 15 is 0 Å². The van der Waals surface area contributed by atoms with Crippen molar-refractivity contribution in [2.75, 3.05) is 31.2 Å². The number of anilines is 1. The van der Waals surface area contributed by atoms with Crippen LogP contribution in [0.3, 0.4) is 0 Å². The smallest absolute Gasteiger partial charge is 0.381 e. The van der Waals surface area contributed by atoms with Gasteiger partial charge in [0.25, 0.3) is 0 Å². The first-order valence-electron chi connectivity index (χ1n) is 8.20. The van der Waals surface area contributed by atoms with Crippen LogP contribution in [0.1, 0.15) is 25.3 Å². The summed E-state index contributed by atoms with van der Waals surface area (Å²) in [6.07, 6.45) is -2.39. The van der Waals surface area contributed by atoms with Crippen molar-refractivity contribution in [3.63, 3.8) is 0 Å². The van der Waals surface area contributed by atoms with Crippen LogP contribution >= 0.6 is 0 Å². The van der Waals surface area contributed by atoms with Crippen molar-refractivity contribution >= 4 is 5.69 Å². The van der Waals surface area contributed by atoms with E-state index in [9.17, 15) is 13.2 Å². The molecule has 0 amide bonds. The number of nitrogens with one attached hydrogen (secondary N) is 1. The largest absolute Gasteiger partial charge is 0.418 e. The van der Waals surface area contributed by atoms with Crippen LogP contribution in [-0.4, -0.2) is 38.4 Å². The SMILES string of the molecule is CC(NC1CCN(c2ccccc2C(F)(F)F)C1)C1CCOC1. The Kier molecular flexibility index (Phi) is 4.82. The van der Waals surface area contributed by atoms with Gasteiger partial charge in [0.2, 0.25) is 0 Å². The van der Waals surface area contributed by atoms with Gasteiger partial charge in [-0.2, -0.15) is 13.2 Å². The predicted octanol–water partition coefficient (Wildman–Crippen LogP) is 3.30. The van der Waals surface area contributed by atoms with E-state index in [0.29, 0.717) is 30.7 Å². The minimum absolute atomic E-state index is 0.229. The number of hydrogen-bond acceptors (Lipinski definition) is 3. The molecule has 2 aliphatic heterocycles. The van der Waals surface area contributed by atoms with Gasteiger partial charge in [-0.3, -0.25) is 0 Å². The fraction of sp³-hybridized carbons (Fsp3) is 0.647. The second-order valence-corrected chi connectivity index (χ2v) is 6.53. The van der Waals surface area contributed by atoms with Crippen LogP contribution in [0, 0.1) is 5.92 Å². The van der Waals surface area contributed by atoms with Crippen molar-refractivity contribution in [2.45, 2.75) is 38.0 Å². The molecule has 128 valence electrons. The molecular weight excluding hydrogens is 305 g/mol. The molecule has 0 aliphatic carbocycles. The van der Waals surface area contributed by atoms with Crippen LogP contribution in [0.4, 0.5) is 18.9 Å². The zero-order valence-corrected chi connectivity index (χ0v) is 13.3. The van der Waals surface area contributed by atoms with E-state index in [0.717, 1.165) is 32.1 Å². The Morgan fingerprint density at radius 2 is 2.04 bits per heavy atom. The summed E-state index contributed by atoms with van der Waals surface area (Å²) in [4.78, 5) is 1.85. The van der Waals surface area contributed by atoms with Crippen LogP contribution in [0.15, 0.2) is 24.3 Å². The summed E-state index contributed by atoms with van der Waals surface area (Å²) >= 11 is 0. The zero-order valence-electron chi connectivity index (χ0n) is 13.3. The Morgan fingerprint density at radius 3 is 2.74 bits per heavy atom. The van der Waals surface area contributed by atoms with Gasteiger partial charge in [-0.05, 0) is 37.8 Å². The third-order valence-corrected chi connectivity index (χ3v) is 4.91. The van der Waals surface area contributed by atoms with Crippen LogP contribution < -0.4 is 10.2 Å². The van der Waals surface area contributed by atoms with Crippen molar-refractivity contribution in [2.24, 2.45) is 5.92 Å². The molecule has 2 aliphatic rings. The fourth-order valence-electron chi connectivity index (χ4n) is 3.56. The molecule has 3 unspecified atom stereocenters. The molecule has 0 radical (unpaired) electrons. The van der Waals surface area contributed by atoms with Crippen LogP contribution in [-0.2, 0) is 10.9 Å². The summed E-state index contributed by atoms with van der Waals surface area (Å²) in [7, 11) is 0. The van der Waals surface area contributed by atoms with Crippen molar-refractivity contribution in [1.29, 1.82) is 0 Å². The van der Waals surface area contributed by atoms with Gasteiger partial charge in [0.05, 0.1) is 12.2 Å². The van der Waals surface area contributed by atoms with Crippen LogP contribution in [0.2, 0.25) is 0 Å². The average molecular weight is 328 g/mol. The summed E-state index contributed by atoms with van der Waals surface area (Å²) in [6, 6.07) is 6.41. The van der Waals surface area contributed by atoms with E-state index in [1.54, 1.807) is 12.1 Å². The molecule has 2 heterocycles. The predicted molar refractivity (Wildman–Crippen MR) is 83.6 cm³/mol. The molecule has 0 aromatic heterocycles. The molecule has 1 N–H and O–H groups in total. The molecule has 3 nitrogen and oxygen atoms in total. The van der Waals surface area contributed by atoms with E-state index in [4.69, 9.17) is 4.74 Å². The topological polar surface area (TPSA) is 24.5 Å². The Labute approximate surface area is 134 Å². The molecule has 0 saturated carbocycles. The van der Waals surface area contributed by atoms with E-state index < -0.39 is 11.7 Å². The van der Waals surface area contributed by atoms with Gasteiger partial charge >= 0.3 is 6.18 Å². The summed E-state index contributed by atoms with van der Waals surface area (Å²) in [6.45, 7) is 5.00. The first-order chi connectivity index (χ1) is 10.9. The standard InChI is InChI=1S/C17H23F3N2O/c1-12(13-7-9-23-11-13)21-14-6-8-22(10-14)16-5-3-2-4-15(16)17(18,19)20/h2-5,12-14,21H,6-11H2,1H3. The number of nitrogens with zero attached hydrogens (tertiary/aromatic N) is 1. The fourth-order valence-corrected chi connectivity index (χ4v) is 3.56. The normalized spacial score (nSPS) is 26.7. The maximum Gasteiger partial charge on any atom is 0.418 e. The summed E-state index contributed by atoms with van der Waals surface area (Å²) < 4.78 is 44.9. The van der Waals surface area contributed by atoms with Crippen molar-refractivity contribution < 1.29 is 17.9 Å². The molecule has 3 atom stereocenters. The van der Waals surface area contributed by atoms with E-state index in [-0.39, 0.29) is 6.04 Å². The van der Waals surface area contributed by atoms with Gasteiger partial charge in [-0.15, -0.1) is 0 Å². The number of halogens is 3. The zero-order chi connectivity index (χ0) is 16.4. The number of ether oxygens (including phenoxy) is 1. The monoisotopic (exact) mass is 328 g/mol. The first kappa shape index (κ1) is 16.6. The maximum atomic E-state index is 13.2. The Bertz CT molecular complexity index is 529. The van der Waals surface area contributed by atoms with Gasteiger partial charge in [-0.25, -0.2) is 0 Å². The lowest BCUT2D eigenvalue weighted by Crippen LogP contribution is -2.42. The lowest BCUT2D eigenvalue weighted by Gasteiger charge is -2.26. The third-order valence-electron chi connectivity index (χ3n) is 4.91. The first-order valence-corrected chi connectivity index (χ1v) is 8.20. The Morgan fingerprint density at radius 1 is 1.26 bits per heavy atom. The highest BCUT2D eigenvalue weighted by molar-refractivity contribution is 5.55. The highest BCUT2D eigenvalue weighted by Gasteiger charge is 2.36. The number of hydrogen-bond donors (Lipinski definition) is 1. The summed E-state index contributed by atoms with van der Waals surface area (Å²) in [5.74, 6) is 0.506. The lowest BCUT2D eigenvalue weighted by atomic mass is 10.00. The van der Waals surface area contributed by atoms with E-state index in [1.165, 1.54) is 6.07 Å². The number of rotatable bonds is 4. The molecule has 23 heavy (non-hydrogen) atoms. The summed E-state index contributed by atoms with van der Waals surface area (Å²) in [5, 5.41) is 3.58. The van der Waals surface area contributed by atoms with Gasteiger partial charge in [0.1, 0.15) is 0 Å². The Hall–Kier alpha value is -1.27. The third kappa shape index (κ3) is 3.80. The lowest BCUT2D eigenvalue weighted by molar-refractivity contribution is -0.137. The molecular formula is C17H23F3N2O. The van der Waals surface area contributed by atoms with Crippen molar-refractivity contribution in [3.05, 3.63) is 29.8 Å². The highest BCUT2D eigenvalue weighted by atomic mass is 19.4. The minimum Gasteiger partial charge on any atom is -0.381 e. The second kappa shape index (κ2) is 6.69. The molecule has 0 bridgehead atoms. The summed E-state index contributed by atoms with van der Waals surface area (Å²) in [5.41, 5.74) is -0.251. The number of para-hydroxylation sites is 1. The van der Waals surface area contributed by atoms with Crippen LogP contribution in [0.25, 0.3) is 0 Å². The molecule has 2 saturated heterocycles. The second-order valence-electron chi connectivity index (χ2n) is 6.53. The van der Waals surface area contributed by atoms with E-state index in [1.807, 2.05) is 4.90 Å². The van der Waals surface area contributed by atoms with Gasteiger partial charge in [-0.1, -0.05) is 12.1 Å². The van der Waals surface area contributed by atoms with E-state index in [2.05, 4.69) is 12.2 Å². The van der Waals surface area contributed by atoms with Crippen LogP contribution in [0.5, 0.6) is 0 Å². The van der Waals surface area contributed by atoms with Crippen molar-refractivity contribution in [3.8, 4) is 0 Å². The van der Waals surface area contributed by atoms with Gasteiger partial charge in [0, 0.05) is 37.5 Å². The van der Waals surface area contributed by atoms with Gasteiger partial charge < -0.3 is 15.0 Å². The minimum atomic E-state index is -4.31. The van der Waals surface area contributed by atoms with Crippen molar-refractivity contribution in [1.82, 2.24) is 5.32 Å². The van der Waals surface area contributed by atoms with Gasteiger partial charge in [0.15, 0.2) is 0 Å². The number of alkyl halides is 3. The molecule has 2 fully saturated rings. The highest BCUT2D eigenvalue weighted by Crippen LogP contribution is 2.37. The molecule has 3 rings (SSSR count). The quantitative estimate of drug-likeness (QED) is 0.918. The average Bonchev–Trinajstić information content (AvgIpc) is 3.18.